The maximum atomic E-state index is 11.9. The van der Waals surface area contributed by atoms with Gasteiger partial charge in [-0.05, 0) is 26.0 Å². The molecule has 1 heterocycles. The van der Waals surface area contributed by atoms with E-state index in [4.69, 9.17) is 20.6 Å². The van der Waals surface area contributed by atoms with E-state index in [-0.39, 0.29) is 13.2 Å². The van der Waals surface area contributed by atoms with Crippen molar-refractivity contribution in [2.24, 2.45) is 0 Å². The van der Waals surface area contributed by atoms with Gasteiger partial charge in [0, 0.05) is 0 Å². The molecule has 0 amide bonds. The quantitative estimate of drug-likeness (QED) is 0.670. The van der Waals surface area contributed by atoms with Gasteiger partial charge in [-0.3, -0.25) is 0 Å². The van der Waals surface area contributed by atoms with E-state index in [0.717, 1.165) is 0 Å². The monoisotopic (exact) mass is 290 g/mol. The lowest BCUT2D eigenvalue weighted by Gasteiger charge is -2.28. The van der Waals surface area contributed by atoms with Gasteiger partial charge >= 0.3 is 5.97 Å². The molecule has 21 heavy (non-hydrogen) atoms. The Morgan fingerprint density at radius 1 is 1.52 bits per heavy atom. The standard InChI is InChI=1S/C16H18O5/c1-4-16(18,13-10-20-15(2,3)21-13)11-19-14(17)12-8-6-5-7-9-12/h1,5-9,13,18H,10-11H2,2-3H3/t13-,16+/m0/s1. The third kappa shape index (κ3) is 3.61. The maximum Gasteiger partial charge on any atom is 0.338 e. The SMILES string of the molecule is C#C[C@@](O)(COC(=O)c1ccccc1)[C@@H]1COC(C)(C)O1. The molecule has 0 aromatic heterocycles. The second-order valence-electron chi connectivity index (χ2n) is 5.33. The van der Waals surface area contributed by atoms with Gasteiger partial charge in [0.1, 0.15) is 12.7 Å². The van der Waals surface area contributed by atoms with E-state index in [1.807, 2.05) is 0 Å². The molecule has 1 aliphatic heterocycles. The third-order valence-corrected chi connectivity index (χ3v) is 3.22. The van der Waals surface area contributed by atoms with Gasteiger partial charge in [-0.15, -0.1) is 6.42 Å². The highest BCUT2D eigenvalue weighted by Gasteiger charge is 2.46. The molecule has 0 spiro atoms. The summed E-state index contributed by atoms with van der Waals surface area (Å²) in [7, 11) is 0. The Morgan fingerprint density at radius 2 is 2.19 bits per heavy atom. The van der Waals surface area contributed by atoms with Gasteiger partial charge in [0.05, 0.1) is 12.2 Å². The normalized spacial score (nSPS) is 23.0. The van der Waals surface area contributed by atoms with Crippen LogP contribution in [0.25, 0.3) is 0 Å². The molecule has 1 saturated heterocycles. The Balaban J connectivity index is 2.00. The summed E-state index contributed by atoms with van der Waals surface area (Å²) in [5.74, 6) is 0.865. The van der Waals surface area contributed by atoms with Crippen molar-refractivity contribution in [3.05, 3.63) is 35.9 Å². The first kappa shape index (κ1) is 15.5. The van der Waals surface area contributed by atoms with Crippen LogP contribution in [0.5, 0.6) is 0 Å². The number of ether oxygens (including phenoxy) is 3. The van der Waals surface area contributed by atoms with Crippen molar-refractivity contribution in [1.29, 1.82) is 0 Å². The van der Waals surface area contributed by atoms with Crippen LogP contribution in [0.3, 0.4) is 0 Å². The van der Waals surface area contributed by atoms with Gasteiger partial charge in [-0.25, -0.2) is 4.79 Å². The van der Waals surface area contributed by atoms with Crippen LogP contribution in [0, 0.1) is 12.3 Å². The molecular formula is C16H18O5. The second kappa shape index (κ2) is 5.86. The molecule has 1 aromatic rings. The molecule has 1 aromatic carbocycles. The molecule has 5 heteroatoms. The summed E-state index contributed by atoms with van der Waals surface area (Å²) in [6.07, 6.45) is 4.62. The Bertz CT molecular complexity index is 546. The molecule has 2 atom stereocenters. The van der Waals surface area contributed by atoms with E-state index in [0.29, 0.717) is 5.56 Å². The fourth-order valence-corrected chi connectivity index (χ4v) is 1.98. The minimum Gasteiger partial charge on any atom is -0.458 e. The van der Waals surface area contributed by atoms with Crippen LogP contribution in [0.15, 0.2) is 30.3 Å². The van der Waals surface area contributed by atoms with E-state index < -0.39 is 23.5 Å². The Hall–Kier alpha value is -1.87. The second-order valence-corrected chi connectivity index (χ2v) is 5.33. The van der Waals surface area contributed by atoms with Gasteiger partial charge in [-0.1, -0.05) is 24.1 Å². The fraction of sp³-hybridized carbons (Fsp3) is 0.438. The molecular weight excluding hydrogens is 272 g/mol. The minimum atomic E-state index is -1.72. The van der Waals surface area contributed by atoms with Gasteiger partial charge < -0.3 is 19.3 Å². The summed E-state index contributed by atoms with van der Waals surface area (Å²) < 4.78 is 16.0. The van der Waals surface area contributed by atoms with Crippen molar-refractivity contribution in [1.82, 2.24) is 0 Å². The molecule has 2 rings (SSSR count). The summed E-state index contributed by atoms with van der Waals surface area (Å²) in [5, 5.41) is 10.4. The van der Waals surface area contributed by atoms with Crippen molar-refractivity contribution < 1.29 is 24.1 Å². The first-order valence-electron chi connectivity index (χ1n) is 6.60. The molecule has 1 N–H and O–H groups in total. The number of hydrogen-bond donors (Lipinski definition) is 1. The summed E-state index contributed by atoms with van der Waals surface area (Å²) in [6.45, 7) is 3.22. The highest BCUT2D eigenvalue weighted by atomic mass is 16.7. The van der Waals surface area contributed by atoms with Crippen LogP contribution < -0.4 is 0 Å². The number of aliphatic hydroxyl groups is 1. The van der Waals surface area contributed by atoms with Crippen molar-refractivity contribution in [3.63, 3.8) is 0 Å². The summed E-state index contributed by atoms with van der Waals surface area (Å²) >= 11 is 0. The van der Waals surface area contributed by atoms with E-state index in [1.54, 1.807) is 44.2 Å². The smallest absolute Gasteiger partial charge is 0.338 e. The van der Waals surface area contributed by atoms with Crippen LogP contribution >= 0.6 is 0 Å². The zero-order valence-electron chi connectivity index (χ0n) is 12.0. The molecule has 0 bridgehead atoms. The zero-order valence-corrected chi connectivity index (χ0v) is 12.0. The highest BCUT2D eigenvalue weighted by molar-refractivity contribution is 5.89. The Labute approximate surface area is 123 Å². The highest BCUT2D eigenvalue weighted by Crippen LogP contribution is 2.29. The minimum absolute atomic E-state index is 0.136. The van der Waals surface area contributed by atoms with Crippen LogP contribution in [-0.2, 0) is 14.2 Å². The number of rotatable bonds is 4. The Morgan fingerprint density at radius 3 is 2.71 bits per heavy atom. The molecule has 1 fully saturated rings. The largest absolute Gasteiger partial charge is 0.458 e. The predicted octanol–water partition coefficient (Wildman–Crippen LogP) is 1.36. The van der Waals surface area contributed by atoms with Crippen molar-refractivity contribution >= 4 is 5.97 Å². The zero-order chi connectivity index (χ0) is 15.5. The van der Waals surface area contributed by atoms with Gasteiger partial charge in [-0.2, -0.15) is 0 Å². The van der Waals surface area contributed by atoms with Crippen molar-refractivity contribution in [2.45, 2.75) is 31.3 Å². The molecule has 1 aliphatic rings. The van der Waals surface area contributed by atoms with E-state index in [9.17, 15) is 9.90 Å². The summed E-state index contributed by atoms with van der Waals surface area (Å²) in [6, 6.07) is 8.48. The van der Waals surface area contributed by atoms with Gasteiger partial charge in [0.25, 0.3) is 0 Å². The van der Waals surface area contributed by atoms with Gasteiger partial charge in [0.2, 0.25) is 0 Å². The molecule has 112 valence electrons. The maximum absolute atomic E-state index is 11.9. The van der Waals surface area contributed by atoms with Crippen molar-refractivity contribution in [3.8, 4) is 12.3 Å². The van der Waals surface area contributed by atoms with Crippen LogP contribution in [0.4, 0.5) is 0 Å². The number of esters is 1. The molecule has 0 unspecified atom stereocenters. The number of carbonyl (C=O) groups is 1. The summed E-state index contributed by atoms with van der Waals surface area (Å²) in [4.78, 5) is 11.9. The average molecular weight is 290 g/mol. The topological polar surface area (TPSA) is 65.0 Å². The van der Waals surface area contributed by atoms with E-state index in [2.05, 4.69) is 5.92 Å². The van der Waals surface area contributed by atoms with Crippen molar-refractivity contribution in [2.75, 3.05) is 13.2 Å². The van der Waals surface area contributed by atoms with Gasteiger partial charge in [0.15, 0.2) is 11.4 Å². The third-order valence-electron chi connectivity index (χ3n) is 3.22. The molecule has 0 radical (unpaired) electrons. The first-order chi connectivity index (χ1) is 9.86. The van der Waals surface area contributed by atoms with E-state index in [1.165, 1.54) is 0 Å². The molecule has 0 aliphatic carbocycles. The fourth-order valence-electron chi connectivity index (χ4n) is 1.98. The number of benzene rings is 1. The lowest BCUT2D eigenvalue weighted by molar-refractivity contribution is -0.165. The number of carbonyl (C=O) groups excluding carboxylic acids is 1. The number of hydrogen-bond acceptors (Lipinski definition) is 5. The first-order valence-corrected chi connectivity index (χ1v) is 6.60. The lowest BCUT2D eigenvalue weighted by Crippen LogP contribution is -2.47. The Kier molecular flexibility index (Phi) is 4.33. The molecule has 5 nitrogen and oxygen atoms in total. The van der Waals surface area contributed by atoms with Crippen LogP contribution in [-0.4, -0.2) is 41.8 Å². The predicted molar refractivity (Wildman–Crippen MR) is 75.4 cm³/mol. The summed E-state index contributed by atoms with van der Waals surface area (Å²) in [5.41, 5.74) is -1.33. The molecule has 0 saturated carbocycles. The van der Waals surface area contributed by atoms with Crippen LogP contribution in [0.1, 0.15) is 24.2 Å². The number of terminal acetylenes is 1. The van der Waals surface area contributed by atoms with Crippen LogP contribution in [0.2, 0.25) is 0 Å². The lowest BCUT2D eigenvalue weighted by atomic mass is 9.99. The average Bonchev–Trinajstić information content (AvgIpc) is 2.86. The van der Waals surface area contributed by atoms with E-state index >= 15 is 0 Å².